The summed E-state index contributed by atoms with van der Waals surface area (Å²) in [6.45, 7) is 0. The van der Waals surface area contributed by atoms with Gasteiger partial charge in [0.1, 0.15) is 0 Å². The molecule has 1 aromatic carbocycles. The van der Waals surface area contributed by atoms with Crippen LogP contribution >= 0.6 is 0 Å². The number of carbonyl (C=O) groups excluding carboxylic acids is 4. The number of anilines is 1. The Morgan fingerprint density at radius 3 is 2.50 bits per heavy atom. The zero-order valence-corrected chi connectivity index (χ0v) is 11.2. The zero-order valence-electron chi connectivity index (χ0n) is 11.2. The molecule has 1 fully saturated rings. The number of benzene rings is 1. The number of nitrogen functional groups attached to an aromatic ring is 1. The van der Waals surface area contributed by atoms with E-state index in [1.165, 1.54) is 18.2 Å². The van der Waals surface area contributed by atoms with Gasteiger partial charge in [-0.15, -0.1) is 0 Å². The topological polar surface area (TPSA) is 156 Å². The Morgan fingerprint density at radius 1 is 1.23 bits per heavy atom. The average Bonchev–Trinajstić information content (AvgIpc) is 2.63. The Labute approximate surface area is 123 Å². The Bertz CT molecular complexity index is 742. The van der Waals surface area contributed by atoms with E-state index in [1.54, 1.807) is 0 Å². The SMILES string of the molecule is Nc1cccc2c1C(=O)N(C1C(=O)NC(=O)CC1(N)O)C2=O. The molecule has 9 heteroatoms. The quantitative estimate of drug-likeness (QED) is 0.264. The monoisotopic (exact) mass is 304 g/mol. The number of carbonyl (C=O) groups is 4. The molecule has 4 amide bonds. The van der Waals surface area contributed by atoms with Gasteiger partial charge in [0.25, 0.3) is 17.7 Å². The van der Waals surface area contributed by atoms with Crippen molar-refractivity contribution in [1.82, 2.24) is 10.2 Å². The summed E-state index contributed by atoms with van der Waals surface area (Å²) in [5, 5.41) is 12.1. The van der Waals surface area contributed by atoms with Crippen molar-refractivity contribution in [2.24, 2.45) is 5.73 Å². The van der Waals surface area contributed by atoms with Crippen LogP contribution in [0, 0.1) is 0 Å². The number of nitrogens with one attached hydrogen (secondary N) is 1. The minimum absolute atomic E-state index is 0.0190. The van der Waals surface area contributed by atoms with E-state index in [9.17, 15) is 24.3 Å². The molecule has 0 radical (unpaired) electrons. The van der Waals surface area contributed by atoms with Gasteiger partial charge in [0.15, 0.2) is 11.8 Å². The van der Waals surface area contributed by atoms with Gasteiger partial charge < -0.3 is 16.6 Å². The van der Waals surface area contributed by atoms with Gasteiger partial charge in [-0.05, 0) is 12.1 Å². The van der Waals surface area contributed by atoms with E-state index in [4.69, 9.17) is 11.5 Å². The maximum absolute atomic E-state index is 12.4. The highest BCUT2D eigenvalue weighted by molar-refractivity contribution is 6.25. The Balaban J connectivity index is 2.09. The van der Waals surface area contributed by atoms with Gasteiger partial charge in [-0.3, -0.25) is 29.4 Å². The molecule has 1 aromatic rings. The molecule has 0 aliphatic carbocycles. The van der Waals surface area contributed by atoms with Gasteiger partial charge in [0.05, 0.1) is 17.5 Å². The second kappa shape index (κ2) is 4.36. The summed E-state index contributed by atoms with van der Waals surface area (Å²) in [6, 6.07) is 2.60. The number of rotatable bonds is 1. The second-order valence-corrected chi connectivity index (χ2v) is 5.23. The van der Waals surface area contributed by atoms with E-state index in [2.05, 4.69) is 0 Å². The fourth-order valence-corrected chi connectivity index (χ4v) is 2.74. The molecule has 114 valence electrons. The first-order valence-corrected chi connectivity index (χ1v) is 6.35. The molecule has 2 heterocycles. The minimum Gasteiger partial charge on any atom is -0.398 e. The van der Waals surface area contributed by atoms with E-state index in [-0.39, 0.29) is 16.8 Å². The van der Waals surface area contributed by atoms with Crippen molar-refractivity contribution in [3.05, 3.63) is 29.3 Å². The number of hydrogen-bond donors (Lipinski definition) is 4. The number of aliphatic hydroxyl groups is 1. The molecule has 9 nitrogen and oxygen atoms in total. The first-order valence-electron chi connectivity index (χ1n) is 6.35. The van der Waals surface area contributed by atoms with Crippen molar-refractivity contribution in [1.29, 1.82) is 0 Å². The van der Waals surface area contributed by atoms with Crippen LogP contribution in [0.3, 0.4) is 0 Å². The summed E-state index contributed by atoms with van der Waals surface area (Å²) in [5.74, 6) is -3.45. The van der Waals surface area contributed by atoms with Crippen LogP contribution < -0.4 is 16.8 Å². The third-order valence-corrected chi connectivity index (χ3v) is 3.66. The largest absolute Gasteiger partial charge is 0.398 e. The molecule has 2 atom stereocenters. The van der Waals surface area contributed by atoms with Crippen LogP contribution in [0.25, 0.3) is 0 Å². The lowest BCUT2D eigenvalue weighted by Gasteiger charge is -2.38. The molecule has 0 aromatic heterocycles. The van der Waals surface area contributed by atoms with E-state index in [0.717, 1.165) is 0 Å². The number of nitrogens with two attached hydrogens (primary N) is 2. The molecule has 0 spiro atoms. The first-order chi connectivity index (χ1) is 10.2. The summed E-state index contributed by atoms with van der Waals surface area (Å²) in [6.07, 6.45) is -0.619. The van der Waals surface area contributed by atoms with Crippen LogP contribution in [0.5, 0.6) is 0 Å². The van der Waals surface area contributed by atoms with Gasteiger partial charge in [0.2, 0.25) is 5.91 Å². The summed E-state index contributed by atoms with van der Waals surface area (Å²) >= 11 is 0. The lowest BCUT2D eigenvalue weighted by molar-refractivity contribution is -0.150. The molecule has 0 bridgehead atoms. The molecule has 3 rings (SSSR count). The summed E-state index contributed by atoms with van der Waals surface area (Å²) in [4.78, 5) is 48.7. The molecule has 22 heavy (non-hydrogen) atoms. The van der Waals surface area contributed by atoms with Crippen molar-refractivity contribution in [3.63, 3.8) is 0 Å². The highest BCUT2D eigenvalue weighted by atomic mass is 16.3. The Kier molecular flexibility index (Phi) is 2.81. The summed E-state index contributed by atoms with van der Waals surface area (Å²) in [7, 11) is 0. The van der Waals surface area contributed by atoms with E-state index in [1.807, 2.05) is 5.32 Å². The first kappa shape index (κ1) is 14.2. The molecule has 2 unspecified atom stereocenters. The molecular weight excluding hydrogens is 292 g/mol. The molecular formula is C13H12N4O5. The lowest BCUT2D eigenvalue weighted by atomic mass is 9.94. The minimum atomic E-state index is -2.35. The van der Waals surface area contributed by atoms with Crippen LogP contribution in [0.1, 0.15) is 27.1 Å². The Hall–Kier alpha value is -2.78. The van der Waals surface area contributed by atoms with Crippen molar-refractivity contribution in [3.8, 4) is 0 Å². The molecule has 6 N–H and O–H groups in total. The second-order valence-electron chi connectivity index (χ2n) is 5.23. The maximum atomic E-state index is 12.4. The highest BCUT2D eigenvalue weighted by Gasteiger charge is 2.54. The summed E-state index contributed by atoms with van der Waals surface area (Å²) in [5.41, 5.74) is 8.97. The van der Waals surface area contributed by atoms with Crippen LogP contribution in [-0.4, -0.2) is 45.4 Å². The number of piperidine rings is 1. The van der Waals surface area contributed by atoms with Crippen LogP contribution in [0.2, 0.25) is 0 Å². The third-order valence-electron chi connectivity index (χ3n) is 3.66. The van der Waals surface area contributed by atoms with E-state index < -0.39 is 41.8 Å². The molecule has 1 saturated heterocycles. The van der Waals surface area contributed by atoms with Gasteiger partial charge >= 0.3 is 0 Å². The number of imide groups is 2. The number of hydrogen-bond acceptors (Lipinski definition) is 7. The summed E-state index contributed by atoms with van der Waals surface area (Å²) < 4.78 is 0. The van der Waals surface area contributed by atoms with Gasteiger partial charge in [-0.25, -0.2) is 0 Å². The highest BCUT2D eigenvalue weighted by Crippen LogP contribution is 2.32. The van der Waals surface area contributed by atoms with Crippen LogP contribution in [0.15, 0.2) is 18.2 Å². The van der Waals surface area contributed by atoms with Gasteiger partial charge in [-0.1, -0.05) is 6.07 Å². The number of fused-ring (bicyclic) bond motifs is 1. The zero-order chi connectivity index (χ0) is 16.2. The van der Waals surface area contributed by atoms with Crippen molar-refractivity contribution < 1.29 is 24.3 Å². The maximum Gasteiger partial charge on any atom is 0.264 e. The van der Waals surface area contributed by atoms with E-state index in [0.29, 0.717) is 4.90 Å². The van der Waals surface area contributed by atoms with Crippen LogP contribution in [0.4, 0.5) is 5.69 Å². The van der Waals surface area contributed by atoms with Crippen molar-refractivity contribution in [2.45, 2.75) is 18.2 Å². The lowest BCUT2D eigenvalue weighted by Crippen LogP contribution is -2.70. The van der Waals surface area contributed by atoms with Gasteiger partial charge in [-0.2, -0.15) is 0 Å². The molecule has 0 saturated carbocycles. The molecule has 2 aliphatic heterocycles. The van der Waals surface area contributed by atoms with E-state index >= 15 is 0 Å². The smallest absolute Gasteiger partial charge is 0.264 e. The van der Waals surface area contributed by atoms with Gasteiger partial charge in [0, 0.05) is 5.69 Å². The normalized spacial score (nSPS) is 27.9. The predicted octanol–water partition coefficient (Wildman–Crippen LogP) is -2.07. The standard InChI is InChI=1S/C13H12N4O5/c14-6-3-1-2-5-8(6)12(21)17(11(5)20)9-10(19)16-7(18)4-13(9,15)22/h1-3,9,22H,4,14-15H2,(H,16,18,19). The van der Waals surface area contributed by atoms with Crippen LogP contribution in [-0.2, 0) is 9.59 Å². The van der Waals surface area contributed by atoms with Crippen molar-refractivity contribution >= 4 is 29.3 Å². The number of amides is 4. The fraction of sp³-hybridized carbons (Fsp3) is 0.231. The fourth-order valence-electron chi connectivity index (χ4n) is 2.74. The van der Waals surface area contributed by atoms with Crippen molar-refractivity contribution in [2.75, 3.05) is 5.73 Å². The third kappa shape index (κ3) is 1.80. The molecule has 2 aliphatic rings. The Morgan fingerprint density at radius 2 is 1.91 bits per heavy atom. The predicted molar refractivity (Wildman–Crippen MR) is 72.0 cm³/mol. The number of nitrogens with zero attached hydrogens (tertiary/aromatic N) is 1. The average molecular weight is 304 g/mol.